The highest BCUT2D eigenvalue weighted by atomic mass is 16.5. The summed E-state index contributed by atoms with van der Waals surface area (Å²) >= 11 is 0. The van der Waals surface area contributed by atoms with Crippen LogP contribution in [0.1, 0.15) is 28.7 Å². The first-order valence-corrected chi connectivity index (χ1v) is 7.94. The molecule has 3 rings (SSSR count). The maximum Gasteiger partial charge on any atom is 0.303 e. The third kappa shape index (κ3) is 4.33. The summed E-state index contributed by atoms with van der Waals surface area (Å²) in [6.07, 6.45) is 1.74. The first-order valence-electron chi connectivity index (χ1n) is 7.94. The molecule has 4 nitrogen and oxygen atoms in total. The molecule has 0 saturated heterocycles. The molecule has 0 spiro atoms. The number of carbonyl (C=O) groups is 1. The molecule has 23 heavy (non-hydrogen) atoms. The van der Waals surface area contributed by atoms with E-state index in [-0.39, 0.29) is 6.42 Å². The SMILES string of the molecule is O=C(O)CCc1ccc(NCc2ccc3c(c2)COCC3)cc1. The van der Waals surface area contributed by atoms with Crippen molar-refractivity contribution in [3.8, 4) is 0 Å². The van der Waals surface area contributed by atoms with Gasteiger partial charge in [0.1, 0.15) is 0 Å². The van der Waals surface area contributed by atoms with Crippen LogP contribution in [-0.2, 0) is 35.5 Å². The van der Waals surface area contributed by atoms with Crippen LogP contribution < -0.4 is 5.32 Å². The van der Waals surface area contributed by atoms with E-state index in [0.29, 0.717) is 13.0 Å². The van der Waals surface area contributed by atoms with Gasteiger partial charge in [0, 0.05) is 18.7 Å². The topological polar surface area (TPSA) is 58.6 Å². The van der Waals surface area contributed by atoms with Gasteiger partial charge in [-0.05, 0) is 47.2 Å². The van der Waals surface area contributed by atoms with Gasteiger partial charge in [-0.2, -0.15) is 0 Å². The summed E-state index contributed by atoms with van der Waals surface area (Å²) < 4.78 is 5.50. The lowest BCUT2D eigenvalue weighted by Gasteiger charge is -2.17. The van der Waals surface area contributed by atoms with Crippen LogP contribution in [0.25, 0.3) is 0 Å². The van der Waals surface area contributed by atoms with E-state index >= 15 is 0 Å². The van der Waals surface area contributed by atoms with Crippen molar-refractivity contribution in [3.63, 3.8) is 0 Å². The van der Waals surface area contributed by atoms with E-state index in [1.54, 1.807) is 0 Å². The fourth-order valence-corrected chi connectivity index (χ4v) is 2.78. The number of ether oxygens (including phenoxy) is 1. The van der Waals surface area contributed by atoms with Gasteiger partial charge in [-0.1, -0.05) is 30.3 Å². The van der Waals surface area contributed by atoms with Crippen LogP contribution in [0.15, 0.2) is 42.5 Å². The molecule has 4 heteroatoms. The van der Waals surface area contributed by atoms with Gasteiger partial charge in [0.05, 0.1) is 13.2 Å². The lowest BCUT2D eigenvalue weighted by atomic mass is 10.0. The Bertz CT molecular complexity index is 680. The third-order valence-electron chi connectivity index (χ3n) is 4.12. The van der Waals surface area contributed by atoms with Crippen LogP contribution in [0.4, 0.5) is 5.69 Å². The van der Waals surface area contributed by atoms with Gasteiger partial charge >= 0.3 is 5.97 Å². The molecule has 2 aromatic rings. The molecule has 0 radical (unpaired) electrons. The summed E-state index contributed by atoms with van der Waals surface area (Å²) in [5.74, 6) is -0.761. The quantitative estimate of drug-likeness (QED) is 0.858. The zero-order valence-corrected chi connectivity index (χ0v) is 13.0. The molecule has 0 amide bonds. The minimum absolute atomic E-state index is 0.171. The monoisotopic (exact) mass is 311 g/mol. The van der Waals surface area contributed by atoms with Crippen molar-refractivity contribution in [1.29, 1.82) is 0 Å². The molecule has 0 unspecified atom stereocenters. The van der Waals surface area contributed by atoms with Gasteiger partial charge in [-0.25, -0.2) is 0 Å². The number of anilines is 1. The van der Waals surface area contributed by atoms with E-state index in [9.17, 15) is 4.79 Å². The third-order valence-corrected chi connectivity index (χ3v) is 4.12. The van der Waals surface area contributed by atoms with E-state index in [4.69, 9.17) is 9.84 Å². The Morgan fingerprint density at radius 2 is 1.87 bits per heavy atom. The number of carboxylic acids is 1. The average molecular weight is 311 g/mol. The Balaban J connectivity index is 1.56. The van der Waals surface area contributed by atoms with Gasteiger partial charge in [0.15, 0.2) is 0 Å². The van der Waals surface area contributed by atoms with Gasteiger partial charge in [0.25, 0.3) is 0 Å². The van der Waals surface area contributed by atoms with Crippen LogP contribution in [0.3, 0.4) is 0 Å². The molecule has 0 atom stereocenters. The Kier molecular flexibility index (Phi) is 4.93. The van der Waals surface area contributed by atoms with Gasteiger partial charge in [0.2, 0.25) is 0 Å². The van der Waals surface area contributed by atoms with Crippen LogP contribution in [0.2, 0.25) is 0 Å². The Hall–Kier alpha value is -2.33. The van der Waals surface area contributed by atoms with E-state index < -0.39 is 5.97 Å². The van der Waals surface area contributed by atoms with Gasteiger partial charge < -0.3 is 15.2 Å². The number of hydrogen-bond acceptors (Lipinski definition) is 3. The average Bonchev–Trinajstić information content (AvgIpc) is 2.59. The highest BCUT2D eigenvalue weighted by Crippen LogP contribution is 2.19. The normalized spacial score (nSPS) is 13.4. The highest BCUT2D eigenvalue weighted by molar-refractivity contribution is 5.67. The summed E-state index contributed by atoms with van der Waals surface area (Å²) in [6, 6.07) is 14.5. The van der Waals surface area contributed by atoms with E-state index in [1.165, 1.54) is 16.7 Å². The Morgan fingerprint density at radius 1 is 1.09 bits per heavy atom. The van der Waals surface area contributed by atoms with Crippen molar-refractivity contribution in [2.75, 3.05) is 11.9 Å². The van der Waals surface area contributed by atoms with Crippen molar-refractivity contribution in [1.82, 2.24) is 0 Å². The lowest BCUT2D eigenvalue weighted by Crippen LogP contribution is -2.10. The van der Waals surface area contributed by atoms with Crippen molar-refractivity contribution in [2.45, 2.75) is 32.4 Å². The summed E-state index contributed by atoms with van der Waals surface area (Å²) in [5.41, 5.74) is 6.01. The van der Waals surface area contributed by atoms with E-state index in [0.717, 1.165) is 30.8 Å². The van der Waals surface area contributed by atoms with Crippen LogP contribution in [-0.4, -0.2) is 17.7 Å². The molecule has 0 bridgehead atoms. The number of carboxylic acid groups (broad SMARTS) is 1. The molecular weight excluding hydrogens is 290 g/mol. The largest absolute Gasteiger partial charge is 0.481 e. The Morgan fingerprint density at radius 3 is 2.65 bits per heavy atom. The molecular formula is C19H21NO3. The number of benzene rings is 2. The minimum atomic E-state index is -0.761. The van der Waals surface area contributed by atoms with E-state index in [1.807, 2.05) is 24.3 Å². The molecule has 2 N–H and O–H groups in total. The zero-order valence-electron chi connectivity index (χ0n) is 13.0. The van der Waals surface area contributed by atoms with Crippen LogP contribution in [0, 0.1) is 0 Å². The summed E-state index contributed by atoms with van der Waals surface area (Å²) in [6.45, 7) is 2.29. The first-order chi connectivity index (χ1) is 11.2. The van der Waals surface area contributed by atoms with Crippen molar-refractivity contribution in [3.05, 3.63) is 64.7 Å². The van der Waals surface area contributed by atoms with Crippen LogP contribution >= 0.6 is 0 Å². The van der Waals surface area contributed by atoms with E-state index in [2.05, 4.69) is 23.5 Å². The maximum absolute atomic E-state index is 10.6. The molecule has 0 aromatic heterocycles. The Labute approximate surface area is 136 Å². The summed E-state index contributed by atoms with van der Waals surface area (Å²) in [4.78, 5) is 10.6. The predicted octanol–water partition coefficient (Wildman–Crippen LogP) is 3.39. The van der Waals surface area contributed by atoms with Crippen molar-refractivity contribution >= 4 is 11.7 Å². The number of aryl methyl sites for hydroxylation is 1. The van der Waals surface area contributed by atoms with Crippen LogP contribution in [0.5, 0.6) is 0 Å². The maximum atomic E-state index is 10.6. The van der Waals surface area contributed by atoms with Gasteiger partial charge in [-0.3, -0.25) is 4.79 Å². The number of hydrogen-bond donors (Lipinski definition) is 2. The predicted molar refractivity (Wildman–Crippen MR) is 89.5 cm³/mol. The highest BCUT2D eigenvalue weighted by Gasteiger charge is 2.09. The summed E-state index contributed by atoms with van der Waals surface area (Å²) in [5, 5.41) is 12.1. The molecule has 1 aliphatic heterocycles. The van der Waals surface area contributed by atoms with Crippen molar-refractivity contribution < 1.29 is 14.6 Å². The number of fused-ring (bicyclic) bond motifs is 1. The fraction of sp³-hybridized carbons (Fsp3) is 0.316. The smallest absolute Gasteiger partial charge is 0.303 e. The number of nitrogens with one attached hydrogen (secondary N) is 1. The summed E-state index contributed by atoms with van der Waals surface area (Å²) in [7, 11) is 0. The number of aliphatic carboxylic acids is 1. The second kappa shape index (κ2) is 7.29. The molecule has 0 saturated carbocycles. The molecule has 2 aromatic carbocycles. The second-order valence-electron chi connectivity index (χ2n) is 5.85. The van der Waals surface area contributed by atoms with Crippen molar-refractivity contribution in [2.24, 2.45) is 0 Å². The molecule has 0 fully saturated rings. The van der Waals surface area contributed by atoms with Gasteiger partial charge in [-0.15, -0.1) is 0 Å². The fourth-order valence-electron chi connectivity index (χ4n) is 2.78. The molecule has 0 aliphatic carbocycles. The molecule has 1 aliphatic rings. The second-order valence-corrected chi connectivity index (χ2v) is 5.85. The molecule has 1 heterocycles. The first kappa shape index (κ1) is 15.6. The minimum Gasteiger partial charge on any atom is -0.481 e. The zero-order chi connectivity index (χ0) is 16.1. The lowest BCUT2D eigenvalue weighted by molar-refractivity contribution is -0.136. The standard InChI is InChI=1S/C19H21NO3/c21-19(22)8-4-14-2-6-18(7-3-14)20-12-15-1-5-16-9-10-23-13-17(16)11-15/h1-3,5-7,11,20H,4,8-10,12-13H2,(H,21,22). The number of rotatable bonds is 6. The molecule has 120 valence electrons.